The van der Waals surface area contributed by atoms with Gasteiger partial charge in [-0.25, -0.2) is 0 Å². The van der Waals surface area contributed by atoms with Gasteiger partial charge in [0, 0.05) is 12.2 Å². The van der Waals surface area contributed by atoms with E-state index in [0.29, 0.717) is 25.9 Å². The zero-order valence-electron chi connectivity index (χ0n) is 18.0. The minimum atomic E-state index is -4.91. The molecule has 1 N–H and O–H groups in total. The number of hydrogen-bond acceptors (Lipinski definition) is 4. The molecule has 3 rings (SSSR count). The Balaban J connectivity index is 1.56. The maximum Gasteiger partial charge on any atom is 0.471 e. The number of nitrogens with one attached hydrogen (secondary N) is 1. The summed E-state index contributed by atoms with van der Waals surface area (Å²) in [6, 6.07) is 16.1. The van der Waals surface area contributed by atoms with Crippen molar-refractivity contribution in [2.45, 2.75) is 37.8 Å². The van der Waals surface area contributed by atoms with Crippen LogP contribution in [0.3, 0.4) is 0 Å². The van der Waals surface area contributed by atoms with Crippen molar-refractivity contribution in [2.75, 3.05) is 31.6 Å². The topological polar surface area (TPSA) is 58.6 Å². The number of piperidine rings is 1. The Kier molecular flexibility index (Phi) is 7.56. The Bertz CT molecular complexity index is 906. The minimum absolute atomic E-state index is 0.108. The molecule has 0 unspecified atom stereocenters. The van der Waals surface area contributed by atoms with E-state index in [-0.39, 0.29) is 11.7 Å². The second-order valence-electron chi connectivity index (χ2n) is 7.91. The van der Waals surface area contributed by atoms with Gasteiger partial charge in [0.15, 0.2) is 0 Å². The highest BCUT2D eigenvalue weighted by Crippen LogP contribution is 2.37. The van der Waals surface area contributed by atoms with E-state index in [9.17, 15) is 22.8 Å². The summed E-state index contributed by atoms with van der Waals surface area (Å²) in [7, 11) is 0. The first-order chi connectivity index (χ1) is 15.2. The van der Waals surface area contributed by atoms with Gasteiger partial charge >= 0.3 is 18.1 Å². The monoisotopic (exact) mass is 448 g/mol. The number of hydrogen-bond donors (Lipinski definition) is 1. The third kappa shape index (κ3) is 5.68. The fourth-order valence-electron chi connectivity index (χ4n) is 4.04. The van der Waals surface area contributed by atoms with E-state index in [2.05, 4.69) is 4.90 Å². The molecule has 0 aromatic heterocycles. The van der Waals surface area contributed by atoms with E-state index in [1.54, 1.807) is 12.1 Å². The van der Waals surface area contributed by atoms with Gasteiger partial charge in [-0.1, -0.05) is 42.5 Å². The molecule has 0 atom stereocenters. The Morgan fingerprint density at radius 2 is 1.66 bits per heavy atom. The summed E-state index contributed by atoms with van der Waals surface area (Å²) in [5.41, 5.74) is 1.41. The maximum absolute atomic E-state index is 12.8. The van der Waals surface area contributed by atoms with Gasteiger partial charge in [0.25, 0.3) is 0 Å². The van der Waals surface area contributed by atoms with Crippen molar-refractivity contribution in [3.05, 3.63) is 65.7 Å². The number of benzene rings is 2. The molecule has 5 nitrogen and oxygen atoms in total. The van der Waals surface area contributed by atoms with Gasteiger partial charge < -0.3 is 15.0 Å². The van der Waals surface area contributed by atoms with E-state index in [1.165, 1.54) is 12.1 Å². The Labute approximate surface area is 185 Å². The number of likely N-dealkylation sites (tertiary alicyclic amines) is 1. The average Bonchev–Trinajstić information content (AvgIpc) is 2.79. The molecule has 0 radical (unpaired) electrons. The number of esters is 1. The molecule has 2 aromatic rings. The van der Waals surface area contributed by atoms with Gasteiger partial charge in [0.05, 0.1) is 12.0 Å². The molecular formula is C24H27F3N2O3. The lowest BCUT2D eigenvalue weighted by molar-refractivity contribution is -0.167. The van der Waals surface area contributed by atoms with Crippen LogP contribution in [0.25, 0.3) is 0 Å². The molecule has 32 heavy (non-hydrogen) atoms. The SMILES string of the molecule is CCOC(=O)C1(c2ccccc2)CCN(CCc2ccc(NC(=O)C(F)(F)F)cc2)CC1. The number of amides is 1. The molecule has 172 valence electrons. The van der Waals surface area contributed by atoms with Crippen LogP contribution in [0, 0.1) is 0 Å². The minimum Gasteiger partial charge on any atom is -0.465 e. The highest BCUT2D eigenvalue weighted by Gasteiger charge is 2.44. The second-order valence-corrected chi connectivity index (χ2v) is 7.91. The summed E-state index contributed by atoms with van der Waals surface area (Å²) in [4.78, 5) is 26.1. The molecule has 0 bridgehead atoms. The quantitative estimate of drug-likeness (QED) is 0.641. The number of ether oxygens (including phenoxy) is 1. The van der Waals surface area contributed by atoms with Crippen LogP contribution >= 0.6 is 0 Å². The summed E-state index contributed by atoms with van der Waals surface area (Å²) < 4.78 is 42.5. The van der Waals surface area contributed by atoms with E-state index in [0.717, 1.165) is 30.8 Å². The summed E-state index contributed by atoms with van der Waals surface area (Å²) >= 11 is 0. The van der Waals surface area contributed by atoms with Crippen molar-refractivity contribution in [1.29, 1.82) is 0 Å². The summed E-state index contributed by atoms with van der Waals surface area (Å²) in [6.45, 7) is 4.41. The molecule has 1 fully saturated rings. The lowest BCUT2D eigenvalue weighted by atomic mass is 9.72. The third-order valence-corrected chi connectivity index (χ3v) is 5.89. The molecule has 8 heteroatoms. The van der Waals surface area contributed by atoms with Crippen LogP contribution in [0.2, 0.25) is 0 Å². The molecule has 1 amide bonds. The fourth-order valence-corrected chi connectivity index (χ4v) is 4.04. The van der Waals surface area contributed by atoms with Crippen molar-refractivity contribution in [1.82, 2.24) is 4.90 Å². The van der Waals surface area contributed by atoms with Gasteiger partial charge in [0.1, 0.15) is 0 Å². The van der Waals surface area contributed by atoms with Crippen molar-refractivity contribution in [3.8, 4) is 0 Å². The molecule has 0 aliphatic carbocycles. The van der Waals surface area contributed by atoms with Crippen LogP contribution in [-0.2, 0) is 26.2 Å². The number of anilines is 1. The summed E-state index contributed by atoms with van der Waals surface area (Å²) in [5.74, 6) is -2.16. The van der Waals surface area contributed by atoms with Crippen molar-refractivity contribution in [3.63, 3.8) is 0 Å². The van der Waals surface area contributed by atoms with E-state index in [1.807, 2.05) is 42.6 Å². The van der Waals surface area contributed by atoms with Crippen LogP contribution in [0.5, 0.6) is 0 Å². The number of nitrogens with zero attached hydrogens (tertiary/aromatic N) is 1. The lowest BCUT2D eigenvalue weighted by Gasteiger charge is -2.40. The molecule has 0 spiro atoms. The zero-order valence-corrected chi connectivity index (χ0v) is 18.0. The molecular weight excluding hydrogens is 421 g/mol. The number of alkyl halides is 3. The first-order valence-electron chi connectivity index (χ1n) is 10.7. The highest BCUT2D eigenvalue weighted by atomic mass is 19.4. The van der Waals surface area contributed by atoms with Gasteiger partial charge in [-0.3, -0.25) is 9.59 Å². The van der Waals surface area contributed by atoms with Gasteiger partial charge in [-0.15, -0.1) is 0 Å². The van der Waals surface area contributed by atoms with Crippen LogP contribution in [0.15, 0.2) is 54.6 Å². The number of rotatable bonds is 7. The summed E-state index contributed by atoms with van der Waals surface area (Å²) in [5, 5.41) is 1.84. The van der Waals surface area contributed by atoms with Gasteiger partial charge in [0.2, 0.25) is 0 Å². The Morgan fingerprint density at radius 1 is 1.03 bits per heavy atom. The highest BCUT2D eigenvalue weighted by molar-refractivity contribution is 5.94. The smallest absolute Gasteiger partial charge is 0.465 e. The fraction of sp³-hybridized carbons (Fsp3) is 0.417. The van der Waals surface area contributed by atoms with Gasteiger partial charge in [-0.05, 0) is 62.5 Å². The van der Waals surface area contributed by atoms with Crippen LogP contribution in [0.4, 0.5) is 18.9 Å². The Morgan fingerprint density at radius 3 is 2.22 bits per heavy atom. The molecule has 1 saturated heterocycles. The second kappa shape index (κ2) is 10.2. The van der Waals surface area contributed by atoms with Crippen molar-refractivity contribution in [2.24, 2.45) is 0 Å². The van der Waals surface area contributed by atoms with Crippen LogP contribution < -0.4 is 5.32 Å². The third-order valence-electron chi connectivity index (χ3n) is 5.89. The molecule has 1 heterocycles. The molecule has 1 aliphatic heterocycles. The predicted octanol–water partition coefficient (Wildman–Crippen LogP) is 4.33. The van der Waals surface area contributed by atoms with Crippen LogP contribution in [0.1, 0.15) is 30.9 Å². The van der Waals surface area contributed by atoms with Crippen molar-refractivity contribution >= 4 is 17.6 Å². The first kappa shape index (κ1) is 23.8. The predicted molar refractivity (Wildman–Crippen MR) is 115 cm³/mol. The van der Waals surface area contributed by atoms with E-state index >= 15 is 0 Å². The number of halogens is 3. The standard InChI is InChI=1S/C24H27F3N2O3/c1-2-32-22(31)23(19-6-4-3-5-7-19)13-16-29(17-14-23)15-12-18-8-10-20(11-9-18)28-21(30)24(25,26)27/h3-11H,2,12-17H2,1H3,(H,28,30). The zero-order chi connectivity index (χ0) is 23.2. The van der Waals surface area contributed by atoms with E-state index < -0.39 is 17.5 Å². The largest absolute Gasteiger partial charge is 0.471 e. The first-order valence-corrected chi connectivity index (χ1v) is 10.7. The maximum atomic E-state index is 12.8. The lowest BCUT2D eigenvalue weighted by Crippen LogP contribution is -2.48. The van der Waals surface area contributed by atoms with Crippen molar-refractivity contribution < 1.29 is 27.5 Å². The average molecular weight is 448 g/mol. The Hall–Kier alpha value is -2.87. The molecule has 2 aromatic carbocycles. The number of carbonyl (C=O) groups excluding carboxylic acids is 2. The summed E-state index contributed by atoms with van der Waals surface area (Å²) in [6.07, 6.45) is -2.87. The molecule has 0 saturated carbocycles. The van der Waals surface area contributed by atoms with Gasteiger partial charge in [-0.2, -0.15) is 13.2 Å². The van der Waals surface area contributed by atoms with Crippen LogP contribution in [-0.4, -0.2) is 49.2 Å². The molecule has 1 aliphatic rings. The normalized spacial score (nSPS) is 16.4. The number of carbonyl (C=O) groups is 2. The van der Waals surface area contributed by atoms with E-state index in [4.69, 9.17) is 4.74 Å².